The Morgan fingerprint density at radius 2 is 1.66 bits per heavy atom. The average molecular weight is 405 g/mol. The van der Waals surface area contributed by atoms with E-state index in [9.17, 15) is 14.8 Å². The summed E-state index contributed by atoms with van der Waals surface area (Å²) in [4.78, 5) is 15.3. The van der Waals surface area contributed by atoms with Crippen molar-refractivity contribution in [1.82, 2.24) is 10.2 Å². The van der Waals surface area contributed by atoms with Crippen molar-refractivity contribution < 1.29 is 14.8 Å². The van der Waals surface area contributed by atoms with Gasteiger partial charge in [-0.05, 0) is 74.7 Å². The predicted molar refractivity (Wildman–Crippen MR) is 115 cm³/mol. The van der Waals surface area contributed by atoms with Crippen LogP contribution in [0.3, 0.4) is 0 Å². The summed E-state index contributed by atoms with van der Waals surface area (Å²) in [5, 5.41) is 23.1. The van der Waals surface area contributed by atoms with Gasteiger partial charge in [-0.1, -0.05) is 32.1 Å². The summed E-state index contributed by atoms with van der Waals surface area (Å²) < 4.78 is 0. The molecule has 6 nitrogen and oxygen atoms in total. The Hall–Kier alpha value is -0.625. The number of fused-ring (bicyclic) bond motifs is 1. The fraction of sp³-hybridized carbons (Fsp3) is 0.955. The predicted octanol–water partition coefficient (Wildman–Crippen LogP) is 1.54. The van der Waals surface area contributed by atoms with Crippen molar-refractivity contribution in [2.24, 2.45) is 35.3 Å². The summed E-state index contributed by atoms with van der Waals surface area (Å²) >= 11 is 0. The van der Waals surface area contributed by atoms with E-state index in [1.54, 1.807) is 0 Å². The lowest BCUT2D eigenvalue weighted by Gasteiger charge is -2.46. The summed E-state index contributed by atoms with van der Waals surface area (Å²) in [7, 11) is -1.39. The van der Waals surface area contributed by atoms with Gasteiger partial charge in [0.05, 0.1) is 6.04 Å². The number of rotatable bonds is 4. The molecule has 6 atom stereocenters. The summed E-state index contributed by atoms with van der Waals surface area (Å²) in [6.07, 6.45) is 12.8. The third-order valence-corrected chi connectivity index (χ3v) is 8.66. The molecule has 4 aliphatic rings. The Morgan fingerprint density at radius 3 is 2.38 bits per heavy atom. The molecule has 2 aliphatic heterocycles. The second-order valence-corrected chi connectivity index (χ2v) is 10.3. The standard InChI is InChI=1S/C22H40BN3O3/c24-14-15-4-3-6-17(12-15)16-8-10-26(11-9-16)22(27)20-13-18-5-1-2-7-19(18)21(25-20)23(28)29/h15-21,25,28-29H,1-14,24H2. The number of nitrogens with two attached hydrogens (primary N) is 1. The first-order valence-corrected chi connectivity index (χ1v) is 12.2. The van der Waals surface area contributed by atoms with E-state index in [0.29, 0.717) is 17.8 Å². The van der Waals surface area contributed by atoms with Crippen LogP contribution in [0.4, 0.5) is 0 Å². The van der Waals surface area contributed by atoms with Gasteiger partial charge < -0.3 is 26.0 Å². The summed E-state index contributed by atoms with van der Waals surface area (Å²) in [5.41, 5.74) is 5.92. The summed E-state index contributed by atoms with van der Waals surface area (Å²) in [6.45, 7) is 2.53. The van der Waals surface area contributed by atoms with Crippen LogP contribution in [0.1, 0.15) is 70.6 Å². The van der Waals surface area contributed by atoms with E-state index in [4.69, 9.17) is 5.73 Å². The van der Waals surface area contributed by atoms with Crippen molar-refractivity contribution in [3.8, 4) is 0 Å². The van der Waals surface area contributed by atoms with Gasteiger partial charge in [-0.25, -0.2) is 0 Å². The lowest BCUT2D eigenvalue weighted by atomic mass is 9.59. The molecule has 0 aromatic rings. The molecule has 4 fully saturated rings. The Kier molecular flexibility index (Phi) is 7.20. The number of nitrogens with one attached hydrogen (secondary N) is 1. The number of carbonyl (C=O) groups excluding carboxylic acids is 1. The molecule has 6 unspecified atom stereocenters. The van der Waals surface area contributed by atoms with Crippen LogP contribution in [0.2, 0.25) is 0 Å². The number of carbonyl (C=O) groups is 1. The van der Waals surface area contributed by atoms with Gasteiger partial charge in [0.2, 0.25) is 5.91 Å². The maximum atomic E-state index is 13.3. The van der Waals surface area contributed by atoms with Crippen LogP contribution < -0.4 is 11.1 Å². The van der Waals surface area contributed by atoms with Crippen molar-refractivity contribution in [2.45, 2.75) is 82.6 Å². The van der Waals surface area contributed by atoms with Gasteiger partial charge in [-0.3, -0.25) is 4.79 Å². The molecule has 0 radical (unpaired) electrons. The second-order valence-electron chi connectivity index (χ2n) is 10.3. The first kappa shape index (κ1) is 21.6. The molecule has 2 saturated heterocycles. The zero-order valence-electron chi connectivity index (χ0n) is 17.8. The van der Waals surface area contributed by atoms with Crippen LogP contribution in [-0.2, 0) is 4.79 Å². The molecule has 0 spiro atoms. The van der Waals surface area contributed by atoms with Crippen LogP contribution in [0, 0.1) is 29.6 Å². The first-order chi connectivity index (χ1) is 14.1. The van der Waals surface area contributed by atoms with Crippen molar-refractivity contribution in [1.29, 1.82) is 0 Å². The molecule has 7 heteroatoms. The van der Waals surface area contributed by atoms with E-state index in [0.717, 1.165) is 70.0 Å². The number of likely N-dealkylation sites (tertiary alicyclic amines) is 1. The summed E-state index contributed by atoms with van der Waals surface area (Å²) in [6, 6.07) is -0.256. The second kappa shape index (κ2) is 9.67. The fourth-order valence-electron chi connectivity index (χ4n) is 6.99. The lowest BCUT2D eigenvalue weighted by molar-refractivity contribution is -0.137. The van der Waals surface area contributed by atoms with Gasteiger partial charge in [-0.15, -0.1) is 0 Å². The minimum absolute atomic E-state index is 0.182. The van der Waals surface area contributed by atoms with E-state index in [1.165, 1.54) is 32.1 Å². The molecule has 0 aromatic carbocycles. The van der Waals surface area contributed by atoms with Gasteiger partial charge in [0.25, 0.3) is 0 Å². The van der Waals surface area contributed by atoms with E-state index in [-0.39, 0.29) is 17.9 Å². The first-order valence-electron chi connectivity index (χ1n) is 12.2. The maximum absolute atomic E-state index is 13.3. The molecular weight excluding hydrogens is 365 g/mol. The molecule has 4 rings (SSSR count). The van der Waals surface area contributed by atoms with Crippen molar-refractivity contribution >= 4 is 13.0 Å². The molecule has 5 N–H and O–H groups in total. The Balaban J connectivity index is 1.32. The molecule has 0 bridgehead atoms. The summed E-state index contributed by atoms with van der Waals surface area (Å²) in [5.74, 6) is 2.78. The molecule has 1 amide bonds. The number of nitrogens with zero attached hydrogens (tertiary/aromatic N) is 1. The van der Waals surface area contributed by atoms with E-state index in [1.807, 2.05) is 4.90 Å². The van der Waals surface area contributed by atoms with Crippen LogP contribution in [0.5, 0.6) is 0 Å². The molecule has 2 saturated carbocycles. The third kappa shape index (κ3) is 4.84. The highest BCUT2D eigenvalue weighted by Crippen LogP contribution is 2.40. The van der Waals surface area contributed by atoms with Crippen molar-refractivity contribution in [3.05, 3.63) is 0 Å². The van der Waals surface area contributed by atoms with Gasteiger partial charge >= 0.3 is 7.12 Å². The topological polar surface area (TPSA) is 98.8 Å². The van der Waals surface area contributed by atoms with Crippen LogP contribution >= 0.6 is 0 Å². The Morgan fingerprint density at radius 1 is 0.931 bits per heavy atom. The average Bonchev–Trinajstić information content (AvgIpc) is 2.78. The van der Waals surface area contributed by atoms with E-state index < -0.39 is 7.12 Å². The number of hydrogen-bond acceptors (Lipinski definition) is 5. The fourth-order valence-corrected chi connectivity index (χ4v) is 6.99. The lowest BCUT2D eigenvalue weighted by Crippen LogP contribution is -2.63. The normalized spacial score (nSPS) is 39.1. The minimum atomic E-state index is -1.39. The maximum Gasteiger partial charge on any atom is 0.469 e. The van der Waals surface area contributed by atoms with Crippen LogP contribution in [0.15, 0.2) is 0 Å². The largest absolute Gasteiger partial charge is 0.469 e. The Labute approximate surface area is 176 Å². The quantitative estimate of drug-likeness (QED) is 0.532. The highest BCUT2D eigenvalue weighted by molar-refractivity contribution is 6.43. The van der Waals surface area contributed by atoms with Gasteiger partial charge in [-0.2, -0.15) is 0 Å². The molecule has 0 aromatic heterocycles. The SMILES string of the molecule is NCC1CCCC(C2CCN(C(=O)C3CC4CCCCC4C(B(O)O)N3)CC2)C1. The highest BCUT2D eigenvalue weighted by Gasteiger charge is 2.46. The Bertz CT molecular complexity index is 555. The van der Waals surface area contributed by atoms with E-state index >= 15 is 0 Å². The van der Waals surface area contributed by atoms with Gasteiger partial charge in [0.15, 0.2) is 0 Å². The zero-order chi connectivity index (χ0) is 20.4. The third-order valence-electron chi connectivity index (χ3n) is 8.66. The number of hydrogen-bond donors (Lipinski definition) is 4. The zero-order valence-corrected chi connectivity index (χ0v) is 17.8. The monoisotopic (exact) mass is 405 g/mol. The van der Waals surface area contributed by atoms with Gasteiger partial charge in [0.1, 0.15) is 0 Å². The van der Waals surface area contributed by atoms with Crippen molar-refractivity contribution in [2.75, 3.05) is 19.6 Å². The number of amides is 1. The highest BCUT2D eigenvalue weighted by atomic mass is 16.4. The molecule has 164 valence electrons. The van der Waals surface area contributed by atoms with Crippen LogP contribution in [-0.4, -0.2) is 59.6 Å². The molecular formula is C22H40BN3O3. The molecule has 2 aliphatic carbocycles. The van der Waals surface area contributed by atoms with Crippen molar-refractivity contribution in [3.63, 3.8) is 0 Å². The number of piperidine rings is 2. The molecule has 2 heterocycles. The minimum Gasteiger partial charge on any atom is -0.426 e. The van der Waals surface area contributed by atoms with Gasteiger partial charge in [0, 0.05) is 19.0 Å². The molecule has 29 heavy (non-hydrogen) atoms. The van der Waals surface area contributed by atoms with Crippen LogP contribution in [0.25, 0.3) is 0 Å². The smallest absolute Gasteiger partial charge is 0.426 e. The van der Waals surface area contributed by atoms with E-state index in [2.05, 4.69) is 5.32 Å².